The highest BCUT2D eigenvalue weighted by Gasteiger charge is 2.51. The zero-order valence-corrected chi connectivity index (χ0v) is 18.2. The molecule has 30 heavy (non-hydrogen) atoms. The van der Waals surface area contributed by atoms with Crippen molar-refractivity contribution in [2.75, 3.05) is 23.9 Å². The summed E-state index contributed by atoms with van der Waals surface area (Å²) >= 11 is 0. The Bertz CT molecular complexity index is 910. The number of benzene rings is 1. The molecule has 0 aromatic heterocycles. The Balaban J connectivity index is 1.20. The molecule has 0 saturated heterocycles. The number of hydrogen-bond acceptors (Lipinski definition) is 5. The third-order valence-electron chi connectivity index (χ3n) is 7.25. The van der Waals surface area contributed by atoms with Crippen LogP contribution in [0.5, 0.6) is 11.5 Å². The van der Waals surface area contributed by atoms with E-state index < -0.39 is 10.0 Å². The van der Waals surface area contributed by atoms with Crippen molar-refractivity contribution < 1.29 is 22.7 Å². The van der Waals surface area contributed by atoms with Crippen LogP contribution in [0.1, 0.15) is 51.4 Å². The molecule has 1 heterocycles. The summed E-state index contributed by atoms with van der Waals surface area (Å²) in [6, 6.07) is 5.11. The second-order valence-corrected chi connectivity index (χ2v) is 11.6. The van der Waals surface area contributed by atoms with Crippen LogP contribution < -0.4 is 19.1 Å². The van der Waals surface area contributed by atoms with E-state index in [1.807, 2.05) is 0 Å². The minimum absolute atomic E-state index is 0.000321. The van der Waals surface area contributed by atoms with Crippen molar-refractivity contribution in [2.45, 2.75) is 56.9 Å². The van der Waals surface area contributed by atoms with Gasteiger partial charge in [-0.05, 0) is 74.8 Å². The Hall–Kier alpha value is -1.96. The lowest BCUT2D eigenvalue weighted by atomic mass is 9.53. The summed E-state index contributed by atoms with van der Waals surface area (Å²) in [5, 5.41) is 3.37. The molecule has 4 saturated carbocycles. The Morgan fingerprint density at radius 3 is 2.37 bits per heavy atom. The van der Waals surface area contributed by atoms with E-state index in [0.29, 0.717) is 30.0 Å². The average molecular weight is 435 g/mol. The molecule has 4 aliphatic carbocycles. The topological polar surface area (TPSA) is 84.9 Å². The number of amides is 1. The molecule has 5 aliphatic rings. The monoisotopic (exact) mass is 434 g/mol. The van der Waals surface area contributed by atoms with Gasteiger partial charge in [0.05, 0.1) is 11.9 Å². The van der Waals surface area contributed by atoms with Gasteiger partial charge in [-0.15, -0.1) is 0 Å². The molecule has 8 heteroatoms. The summed E-state index contributed by atoms with van der Waals surface area (Å²) in [6.45, 7) is 0.398. The molecule has 1 aromatic carbocycles. The fourth-order valence-electron chi connectivity index (χ4n) is 6.53. The number of carbonyl (C=O) groups excluding carboxylic acids is 1. The molecule has 6 rings (SSSR count). The average Bonchev–Trinajstić information content (AvgIpc) is 3.10. The molecule has 1 aliphatic heterocycles. The van der Waals surface area contributed by atoms with Crippen LogP contribution in [0.2, 0.25) is 0 Å². The van der Waals surface area contributed by atoms with Crippen molar-refractivity contribution in [1.82, 2.24) is 5.32 Å². The first-order valence-electron chi connectivity index (χ1n) is 11.0. The van der Waals surface area contributed by atoms with Crippen molar-refractivity contribution >= 4 is 21.6 Å². The minimum Gasteiger partial charge on any atom is -0.454 e. The second kappa shape index (κ2) is 7.32. The molecule has 4 fully saturated rings. The van der Waals surface area contributed by atoms with Gasteiger partial charge in [0.15, 0.2) is 11.5 Å². The molecule has 4 bridgehead atoms. The van der Waals surface area contributed by atoms with Crippen LogP contribution in [0.15, 0.2) is 18.2 Å². The number of hydrogen-bond donors (Lipinski definition) is 1. The van der Waals surface area contributed by atoms with Crippen molar-refractivity contribution in [3.05, 3.63) is 18.2 Å². The van der Waals surface area contributed by atoms with Crippen LogP contribution >= 0.6 is 0 Å². The van der Waals surface area contributed by atoms with Crippen LogP contribution in [-0.4, -0.2) is 39.5 Å². The number of rotatable bonds is 7. The Morgan fingerprint density at radius 2 is 1.73 bits per heavy atom. The lowest BCUT2D eigenvalue weighted by molar-refractivity contribution is -0.126. The van der Waals surface area contributed by atoms with Crippen molar-refractivity contribution in [3.63, 3.8) is 0 Å². The normalized spacial score (nSPS) is 31.0. The summed E-state index contributed by atoms with van der Waals surface area (Å²) in [5.74, 6) is 3.55. The van der Waals surface area contributed by atoms with Gasteiger partial charge in [-0.25, -0.2) is 8.42 Å². The Morgan fingerprint density at radius 1 is 1.10 bits per heavy atom. The highest BCUT2D eigenvalue weighted by molar-refractivity contribution is 7.92. The Labute approximate surface area is 178 Å². The number of fused-ring (bicyclic) bond motifs is 1. The third-order valence-corrected chi connectivity index (χ3v) is 8.45. The first kappa shape index (κ1) is 20.0. The number of carbonyl (C=O) groups is 1. The lowest BCUT2D eigenvalue weighted by Gasteiger charge is -2.56. The summed E-state index contributed by atoms with van der Waals surface area (Å²) in [6.07, 6.45) is 9.38. The number of ether oxygens (including phenoxy) is 2. The van der Waals surface area contributed by atoms with E-state index >= 15 is 0 Å². The Kier molecular flexibility index (Phi) is 4.87. The van der Waals surface area contributed by atoms with Crippen molar-refractivity contribution in [1.29, 1.82) is 0 Å². The maximum atomic E-state index is 12.7. The molecule has 1 amide bonds. The molecule has 0 unspecified atom stereocenters. The highest BCUT2D eigenvalue weighted by atomic mass is 32.2. The summed E-state index contributed by atoms with van der Waals surface area (Å²) in [4.78, 5) is 12.7. The zero-order valence-electron chi connectivity index (χ0n) is 17.4. The van der Waals surface area contributed by atoms with E-state index in [2.05, 4.69) is 5.32 Å². The van der Waals surface area contributed by atoms with Crippen LogP contribution in [0, 0.1) is 17.8 Å². The predicted octanol–water partition coefficient (Wildman–Crippen LogP) is 3.05. The smallest absolute Gasteiger partial charge is 0.232 e. The van der Waals surface area contributed by atoms with Crippen molar-refractivity contribution in [2.24, 2.45) is 17.8 Å². The predicted molar refractivity (Wildman–Crippen MR) is 113 cm³/mol. The quantitative estimate of drug-likeness (QED) is 0.713. The lowest BCUT2D eigenvalue weighted by Crippen LogP contribution is -2.59. The fraction of sp³-hybridized carbons (Fsp3) is 0.682. The van der Waals surface area contributed by atoms with E-state index in [9.17, 15) is 13.2 Å². The first-order chi connectivity index (χ1) is 14.3. The largest absolute Gasteiger partial charge is 0.454 e. The molecule has 0 radical (unpaired) electrons. The number of sulfonamides is 1. The summed E-state index contributed by atoms with van der Waals surface area (Å²) < 4.78 is 36.7. The fourth-order valence-corrected chi connectivity index (χ4v) is 7.49. The van der Waals surface area contributed by atoms with Crippen LogP contribution in [0.25, 0.3) is 0 Å². The van der Waals surface area contributed by atoms with E-state index in [4.69, 9.17) is 9.47 Å². The van der Waals surface area contributed by atoms with E-state index in [0.717, 1.165) is 37.0 Å². The van der Waals surface area contributed by atoms with Crippen LogP contribution in [-0.2, 0) is 14.8 Å². The van der Waals surface area contributed by atoms with Crippen molar-refractivity contribution in [3.8, 4) is 11.5 Å². The molecular weight excluding hydrogens is 404 g/mol. The van der Waals surface area contributed by atoms with E-state index in [1.165, 1.54) is 29.8 Å². The molecule has 1 aromatic rings. The molecule has 0 spiro atoms. The van der Waals surface area contributed by atoms with Gasteiger partial charge in [-0.2, -0.15) is 0 Å². The van der Waals surface area contributed by atoms with E-state index in [-0.39, 0.29) is 24.8 Å². The van der Waals surface area contributed by atoms with Crippen LogP contribution in [0.4, 0.5) is 5.69 Å². The third kappa shape index (κ3) is 3.86. The number of nitrogens with one attached hydrogen (secondary N) is 1. The van der Waals surface area contributed by atoms with Gasteiger partial charge >= 0.3 is 0 Å². The van der Waals surface area contributed by atoms with E-state index in [1.54, 1.807) is 18.2 Å². The zero-order chi connectivity index (χ0) is 20.9. The molecule has 0 atom stereocenters. The highest BCUT2D eigenvalue weighted by Crippen LogP contribution is 2.55. The first-order valence-corrected chi connectivity index (χ1v) is 12.8. The van der Waals surface area contributed by atoms with Gasteiger partial charge < -0.3 is 14.8 Å². The standard InChI is InChI=1S/C22H30N2O5S/c1-30(26,27)24(18-4-5-19-20(10-18)29-14-28-19)6-2-3-21(25)23-22-11-15-7-16(12-22)9-17(8-15)13-22/h4-5,10,15-17H,2-3,6-9,11-14H2,1H3,(H,23,25). The van der Waals surface area contributed by atoms with Gasteiger partial charge in [0.1, 0.15) is 0 Å². The van der Waals surface area contributed by atoms with Gasteiger partial charge in [-0.1, -0.05) is 0 Å². The summed E-state index contributed by atoms with van der Waals surface area (Å²) in [7, 11) is -3.47. The number of nitrogens with zero attached hydrogens (tertiary/aromatic N) is 1. The maximum Gasteiger partial charge on any atom is 0.232 e. The summed E-state index contributed by atoms with van der Waals surface area (Å²) in [5.41, 5.74) is 0.530. The maximum absolute atomic E-state index is 12.7. The molecule has 164 valence electrons. The van der Waals surface area contributed by atoms with Gasteiger partial charge in [0.2, 0.25) is 22.7 Å². The number of anilines is 1. The van der Waals surface area contributed by atoms with Gasteiger partial charge in [0, 0.05) is 24.6 Å². The van der Waals surface area contributed by atoms with Crippen LogP contribution in [0.3, 0.4) is 0 Å². The van der Waals surface area contributed by atoms with Gasteiger partial charge in [0.25, 0.3) is 0 Å². The minimum atomic E-state index is -3.47. The SMILES string of the molecule is CS(=O)(=O)N(CCCC(=O)NC12CC3CC(CC(C3)C1)C2)c1ccc2c(c1)OCO2. The second-order valence-electron chi connectivity index (χ2n) is 9.72. The molecular formula is C22H30N2O5S. The molecule has 1 N–H and O–H groups in total. The van der Waals surface area contributed by atoms with Gasteiger partial charge in [-0.3, -0.25) is 9.10 Å². The molecule has 7 nitrogen and oxygen atoms in total.